The van der Waals surface area contributed by atoms with Crippen molar-refractivity contribution in [1.29, 1.82) is 0 Å². The first-order valence-corrected chi connectivity index (χ1v) is 8.35. The van der Waals surface area contributed by atoms with E-state index in [-0.39, 0.29) is 10.6 Å². The minimum Gasteiger partial charge on any atom is -0.351 e. The molecule has 0 atom stereocenters. The third-order valence-electron chi connectivity index (χ3n) is 4.76. The molecule has 1 saturated heterocycles. The number of rotatable bonds is 3. The Balaban J connectivity index is 1.80. The predicted molar refractivity (Wildman–Crippen MR) is 91.9 cm³/mol. The molecule has 7 nitrogen and oxygen atoms in total. The van der Waals surface area contributed by atoms with Crippen LogP contribution in [-0.4, -0.2) is 34.5 Å². The van der Waals surface area contributed by atoms with E-state index in [9.17, 15) is 10.1 Å². The second-order valence-electron chi connectivity index (χ2n) is 6.20. The van der Waals surface area contributed by atoms with Crippen LogP contribution in [0.25, 0.3) is 0 Å². The van der Waals surface area contributed by atoms with Gasteiger partial charge in [-0.1, -0.05) is 18.2 Å². The summed E-state index contributed by atoms with van der Waals surface area (Å²) in [6, 6.07) is 8.01. The fraction of sp³-hybridized carbons (Fsp3) is 0.412. The topological polar surface area (TPSA) is 75.4 Å². The van der Waals surface area contributed by atoms with Crippen molar-refractivity contribution in [1.82, 2.24) is 9.97 Å². The Kier molecular flexibility index (Phi) is 3.76. The highest BCUT2D eigenvalue weighted by atomic mass is 16.6. The Bertz CT molecular complexity index is 773. The van der Waals surface area contributed by atoms with Crippen molar-refractivity contribution >= 4 is 23.0 Å². The number of hydrogen-bond acceptors (Lipinski definition) is 6. The number of nitrogens with zero attached hydrogens (tertiary/aromatic N) is 5. The van der Waals surface area contributed by atoms with Crippen molar-refractivity contribution in [3.05, 3.63) is 46.3 Å². The van der Waals surface area contributed by atoms with Crippen molar-refractivity contribution in [2.45, 2.75) is 25.7 Å². The SMILES string of the molecule is O=[N+]([O-])c1c(N2CCCCC2)ncnc1N1CCc2ccccc21. The van der Waals surface area contributed by atoms with Gasteiger partial charge in [-0.3, -0.25) is 10.1 Å². The highest BCUT2D eigenvalue weighted by molar-refractivity contribution is 5.78. The molecule has 1 aromatic carbocycles. The third-order valence-corrected chi connectivity index (χ3v) is 4.76. The molecule has 0 bridgehead atoms. The van der Waals surface area contributed by atoms with Gasteiger partial charge >= 0.3 is 5.69 Å². The highest BCUT2D eigenvalue weighted by Crippen LogP contribution is 2.41. The lowest BCUT2D eigenvalue weighted by molar-refractivity contribution is -0.383. The summed E-state index contributed by atoms with van der Waals surface area (Å²) in [5.74, 6) is 0.856. The van der Waals surface area contributed by atoms with Crippen LogP contribution in [-0.2, 0) is 6.42 Å². The number of piperidine rings is 1. The molecule has 3 heterocycles. The van der Waals surface area contributed by atoms with E-state index in [1.807, 2.05) is 28.0 Å². The fourth-order valence-electron chi connectivity index (χ4n) is 3.62. The maximum atomic E-state index is 11.8. The molecule has 0 radical (unpaired) electrons. The molecule has 0 aliphatic carbocycles. The molecule has 124 valence electrons. The van der Waals surface area contributed by atoms with Gasteiger partial charge in [-0.25, -0.2) is 9.97 Å². The van der Waals surface area contributed by atoms with E-state index in [0.717, 1.165) is 38.0 Å². The third kappa shape index (κ3) is 2.46. The van der Waals surface area contributed by atoms with Gasteiger partial charge in [0, 0.05) is 25.3 Å². The van der Waals surface area contributed by atoms with Crippen molar-refractivity contribution < 1.29 is 4.92 Å². The smallest absolute Gasteiger partial charge is 0.351 e. The molecule has 7 heteroatoms. The summed E-state index contributed by atoms with van der Waals surface area (Å²) in [6.07, 6.45) is 5.58. The minimum atomic E-state index is -0.333. The van der Waals surface area contributed by atoms with E-state index in [1.165, 1.54) is 18.3 Å². The van der Waals surface area contributed by atoms with Gasteiger partial charge in [0.1, 0.15) is 6.33 Å². The number of nitro groups is 1. The van der Waals surface area contributed by atoms with Crippen LogP contribution in [0.4, 0.5) is 23.0 Å². The summed E-state index contributed by atoms with van der Waals surface area (Å²) < 4.78 is 0. The van der Waals surface area contributed by atoms with Gasteiger partial charge in [0.2, 0.25) is 11.6 Å². The summed E-state index contributed by atoms with van der Waals surface area (Å²) in [5, 5.41) is 11.8. The van der Waals surface area contributed by atoms with Crippen LogP contribution >= 0.6 is 0 Å². The van der Waals surface area contributed by atoms with Crippen LogP contribution < -0.4 is 9.80 Å². The standard InChI is InChI=1S/C17H19N5O2/c23-22(24)15-16(20-9-4-1-5-10-20)18-12-19-17(15)21-11-8-13-6-2-3-7-14(13)21/h2-3,6-7,12H,1,4-5,8-11H2. The van der Waals surface area contributed by atoms with Gasteiger partial charge in [0.05, 0.1) is 4.92 Å². The molecule has 0 N–H and O–H groups in total. The molecular weight excluding hydrogens is 306 g/mol. The predicted octanol–water partition coefficient (Wildman–Crippen LogP) is 3.07. The summed E-state index contributed by atoms with van der Waals surface area (Å²) in [4.78, 5) is 24.0. The lowest BCUT2D eigenvalue weighted by Gasteiger charge is -2.28. The largest absolute Gasteiger partial charge is 0.353 e. The number of hydrogen-bond donors (Lipinski definition) is 0. The quantitative estimate of drug-likeness (QED) is 0.638. The summed E-state index contributed by atoms with van der Waals surface area (Å²) in [7, 11) is 0. The molecule has 4 rings (SSSR count). The Labute approximate surface area is 140 Å². The van der Waals surface area contributed by atoms with E-state index in [0.29, 0.717) is 18.2 Å². The summed E-state index contributed by atoms with van der Waals surface area (Å²) in [5.41, 5.74) is 2.23. The zero-order valence-electron chi connectivity index (χ0n) is 13.4. The van der Waals surface area contributed by atoms with Gasteiger partial charge in [0.25, 0.3) is 0 Å². The van der Waals surface area contributed by atoms with E-state index >= 15 is 0 Å². The Morgan fingerprint density at radius 3 is 2.54 bits per heavy atom. The van der Waals surface area contributed by atoms with Gasteiger partial charge in [-0.2, -0.15) is 0 Å². The molecule has 0 unspecified atom stereocenters. The van der Waals surface area contributed by atoms with Crippen LogP contribution in [0.2, 0.25) is 0 Å². The van der Waals surface area contributed by atoms with Crippen LogP contribution in [0.15, 0.2) is 30.6 Å². The Morgan fingerprint density at radius 1 is 1.00 bits per heavy atom. The molecule has 0 spiro atoms. The first-order valence-electron chi connectivity index (χ1n) is 8.35. The first-order chi connectivity index (χ1) is 11.8. The van der Waals surface area contributed by atoms with E-state index in [2.05, 4.69) is 16.0 Å². The number of fused-ring (bicyclic) bond motifs is 1. The lowest BCUT2D eigenvalue weighted by Crippen LogP contribution is -2.31. The van der Waals surface area contributed by atoms with Crippen molar-refractivity contribution in [2.75, 3.05) is 29.4 Å². The van der Waals surface area contributed by atoms with E-state index < -0.39 is 0 Å². The van der Waals surface area contributed by atoms with Gasteiger partial charge in [-0.05, 0) is 37.3 Å². The van der Waals surface area contributed by atoms with Gasteiger partial charge < -0.3 is 9.80 Å². The molecule has 2 aliphatic rings. The van der Waals surface area contributed by atoms with Gasteiger partial charge in [0.15, 0.2) is 0 Å². The molecule has 24 heavy (non-hydrogen) atoms. The second-order valence-corrected chi connectivity index (χ2v) is 6.20. The van der Waals surface area contributed by atoms with Crippen LogP contribution in [0.5, 0.6) is 0 Å². The molecule has 0 saturated carbocycles. The van der Waals surface area contributed by atoms with Crippen molar-refractivity contribution in [3.8, 4) is 0 Å². The molecular formula is C17H19N5O2. The Hall–Kier alpha value is -2.70. The minimum absolute atomic E-state index is 0.0242. The zero-order valence-corrected chi connectivity index (χ0v) is 13.4. The molecule has 0 amide bonds. The average molecular weight is 325 g/mol. The molecule has 1 aromatic heterocycles. The van der Waals surface area contributed by atoms with Crippen LogP contribution in [0, 0.1) is 10.1 Å². The highest BCUT2D eigenvalue weighted by Gasteiger charge is 2.33. The molecule has 1 fully saturated rings. The molecule has 2 aliphatic heterocycles. The fourth-order valence-corrected chi connectivity index (χ4v) is 3.62. The van der Waals surface area contributed by atoms with E-state index in [1.54, 1.807) is 0 Å². The normalized spacial score (nSPS) is 17.0. The van der Waals surface area contributed by atoms with Crippen LogP contribution in [0.3, 0.4) is 0 Å². The monoisotopic (exact) mass is 325 g/mol. The second kappa shape index (κ2) is 6.07. The van der Waals surface area contributed by atoms with Gasteiger partial charge in [-0.15, -0.1) is 0 Å². The number of anilines is 3. The maximum Gasteiger partial charge on any atom is 0.353 e. The zero-order chi connectivity index (χ0) is 16.5. The summed E-state index contributed by atoms with van der Waals surface area (Å²) >= 11 is 0. The first kappa shape index (κ1) is 14.9. The molecule has 2 aromatic rings. The van der Waals surface area contributed by atoms with Crippen molar-refractivity contribution in [2.24, 2.45) is 0 Å². The van der Waals surface area contributed by atoms with Crippen LogP contribution in [0.1, 0.15) is 24.8 Å². The van der Waals surface area contributed by atoms with E-state index in [4.69, 9.17) is 0 Å². The number of para-hydroxylation sites is 1. The number of aromatic nitrogens is 2. The van der Waals surface area contributed by atoms with Crippen molar-refractivity contribution in [3.63, 3.8) is 0 Å². The lowest BCUT2D eigenvalue weighted by atomic mass is 10.1. The average Bonchev–Trinajstić information content (AvgIpc) is 3.05. The maximum absolute atomic E-state index is 11.8. The summed E-state index contributed by atoms with van der Waals surface area (Å²) in [6.45, 7) is 2.33. The Morgan fingerprint density at radius 2 is 1.75 bits per heavy atom. The number of benzene rings is 1.